The van der Waals surface area contributed by atoms with Crippen LogP contribution in [-0.4, -0.2) is 27.7 Å². The topological polar surface area (TPSA) is 77.0 Å². The van der Waals surface area contributed by atoms with E-state index in [2.05, 4.69) is 20.5 Å². The number of nitrogens with one attached hydrogen (secondary N) is 1. The molecule has 0 saturated carbocycles. The van der Waals surface area contributed by atoms with Crippen LogP contribution in [0.15, 0.2) is 60.8 Å². The Morgan fingerprint density at radius 2 is 1.93 bits per heavy atom. The third-order valence-electron chi connectivity index (χ3n) is 3.73. The molecular weight excluding hydrogens is 384 g/mol. The molecule has 4 aromatic rings. The van der Waals surface area contributed by atoms with Crippen LogP contribution in [0, 0.1) is 0 Å². The van der Waals surface area contributed by atoms with Crippen LogP contribution in [0.2, 0.25) is 5.02 Å². The minimum Gasteiger partial charge on any atom is -0.481 e. The maximum atomic E-state index is 12.2. The molecule has 2 heterocycles. The highest BCUT2D eigenvalue weighted by Gasteiger charge is 2.12. The monoisotopic (exact) mass is 396 g/mol. The molecule has 0 radical (unpaired) electrons. The number of halogens is 1. The summed E-state index contributed by atoms with van der Waals surface area (Å²) in [4.78, 5) is 16.5. The highest BCUT2D eigenvalue weighted by Crippen LogP contribution is 2.30. The number of benzene rings is 2. The van der Waals surface area contributed by atoms with Crippen LogP contribution in [-0.2, 0) is 4.79 Å². The Bertz CT molecular complexity index is 1100. The van der Waals surface area contributed by atoms with Crippen molar-refractivity contribution in [2.24, 2.45) is 0 Å². The fourth-order valence-electron chi connectivity index (χ4n) is 2.50. The third kappa shape index (κ3) is 3.89. The number of hydrogen-bond acceptors (Lipinski definition) is 6. The van der Waals surface area contributed by atoms with Gasteiger partial charge in [-0.05, 0) is 24.3 Å². The lowest BCUT2D eigenvalue weighted by atomic mass is 10.2. The zero-order valence-corrected chi connectivity index (χ0v) is 15.5. The summed E-state index contributed by atoms with van der Waals surface area (Å²) in [6, 6.07) is 16.7. The Labute approximate surface area is 163 Å². The number of anilines is 1. The maximum Gasteiger partial charge on any atom is 0.264 e. The summed E-state index contributed by atoms with van der Waals surface area (Å²) < 4.78 is 5.62. The molecule has 0 unspecified atom stereocenters. The van der Waals surface area contributed by atoms with Crippen LogP contribution in [0.3, 0.4) is 0 Å². The molecule has 1 N–H and O–H groups in total. The number of rotatable bonds is 5. The number of carbonyl (C=O) groups excluding carboxylic acids is 1. The molecule has 0 aliphatic carbocycles. The summed E-state index contributed by atoms with van der Waals surface area (Å²) >= 11 is 7.46. The minimum absolute atomic E-state index is 0.173. The van der Waals surface area contributed by atoms with Gasteiger partial charge in [0.15, 0.2) is 6.61 Å². The first-order valence-corrected chi connectivity index (χ1v) is 9.25. The van der Waals surface area contributed by atoms with Gasteiger partial charge in [0, 0.05) is 17.1 Å². The predicted molar refractivity (Wildman–Crippen MR) is 106 cm³/mol. The Morgan fingerprint density at radius 3 is 2.78 bits per heavy atom. The molecule has 0 fully saturated rings. The number of nitrogens with zero attached hydrogens (tertiary/aromatic N) is 3. The zero-order valence-electron chi connectivity index (χ0n) is 13.9. The van der Waals surface area contributed by atoms with Crippen molar-refractivity contribution in [2.45, 2.75) is 0 Å². The average molecular weight is 397 g/mol. The van der Waals surface area contributed by atoms with Crippen molar-refractivity contribution in [3.05, 3.63) is 65.8 Å². The van der Waals surface area contributed by atoms with E-state index in [1.54, 1.807) is 24.4 Å². The molecule has 0 bridgehead atoms. The molecule has 0 aliphatic heterocycles. The van der Waals surface area contributed by atoms with Gasteiger partial charge in [0.05, 0.1) is 5.02 Å². The first kappa shape index (κ1) is 17.4. The van der Waals surface area contributed by atoms with Crippen LogP contribution in [0.4, 0.5) is 5.13 Å². The van der Waals surface area contributed by atoms with Crippen LogP contribution in [0.1, 0.15) is 0 Å². The zero-order chi connectivity index (χ0) is 18.6. The molecule has 6 nitrogen and oxygen atoms in total. The van der Waals surface area contributed by atoms with E-state index in [1.807, 2.05) is 36.4 Å². The van der Waals surface area contributed by atoms with Crippen molar-refractivity contribution in [1.82, 2.24) is 15.2 Å². The van der Waals surface area contributed by atoms with Gasteiger partial charge in [0.25, 0.3) is 5.91 Å². The second-order valence-electron chi connectivity index (χ2n) is 5.56. The molecule has 0 atom stereocenters. The van der Waals surface area contributed by atoms with Crippen molar-refractivity contribution >= 4 is 44.9 Å². The molecule has 0 aliphatic rings. The molecule has 4 rings (SSSR count). The summed E-state index contributed by atoms with van der Waals surface area (Å²) in [7, 11) is 0. The minimum atomic E-state index is -0.329. The first-order valence-electron chi connectivity index (χ1n) is 8.05. The first-order chi connectivity index (χ1) is 13.2. The molecule has 2 aromatic carbocycles. The molecule has 1 amide bonds. The number of hydrogen-bond donors (Lipinski definition) is 1. The second kappa shape index (κ2) is 7.69. The van der Waals surface area contributed by atoms with E-state index in [-0.39, 0.29) is 12.5 Å². The van der Waals surface area contributed by atoms with Crippen LogP contribution in [0.5, 0.6) is 5.75 Å². The summed E-state index contributed by atoms with van der Waals surface area (Å²) in [5.41, 5.74) is 1.56. The van der Waals surface area contributed by atoms with Gasteiger partial charge < -0.3 is 4.74 Å². The molecular formula is C19H13ClN4O2S. The van der Waals surface area contributed by atoms with E-state index < -0.39 is 0 Å². The van der Waals surface area contributed by atoms with Gasteiger partial charge in [0.1, 0.15) is 16.3 Å². The largest absolute Gasteiger partial charge is 0.481 e. The van der Waals surface area contributed by atoms with Crippen molar-refractivity contribution in [3.8, 4) is 16.3 Å². The van der Waals surface area contributed by atoms with E-state index in [0.29, 0.717) is 21.4 Å². The summed E-state index contributed by atoms with van der Waals surface area (Å²) in [6.45, 7) is -0.173. The highest BCUT2D eigenvalue weighted by molar-refractivity contribution is 7.18. The summed E-state index contributed by atoms with van der Waals surface area (Å²) in [5.74, 6) is 0.164. The number of fused-ring (bicyclic) bond motifs is 1. The van der Waals surface area contributed by atoms with Crippen LogP contribution < -0.4 is 10.1 Å². The standard InChI is InChI=1S/C19H13ClN4O2S/c20-14-8-9-15(17-13(14)7-4-10-21-17)26-11-16(25)22-19-24-23-18(27-19)12-5-2-1-3-6-12/h1-10H,11H2,(H,22,24,25). The van der Waals surface area contributed by atoms with Crippen LogP contribution in [0.25, 0.3) is 21.5 Å². The molecule has 134 valence electrons. The lowest BCUT2D eigenvalue weighted by Crippen LogP contribution is -2.20. The normalized spacial score (nSPS) is 10.7. The number of ether oxygens (including phenoxy) is 1. The second-order valence-corrected chi connectivity index (χ2v) is 6.95. The Balaban J connectivity index is 1.42. The maximum absolute atomic E-state index is 12.2. The van der Waals surface area contributed by atoms with Gasteiger partial charge in [-0.1, -0.05) is 53.3 Å². The van der Waals surface area contributed by atoms with Crippen molar-refractivity contribution in [2.75, 3.05) is 11.9 Å². The molecule has 0 spiro atoms. The highest BCUT2D eigenvalue weighted by atomic mass is 35.5. The number of pyridine rings is 1. The van der Waals surface area contributed by atoms with Crippen molar-refractivity contribution in [3.63, 3.8) is 0 Å². The van der Waals surface area contributed by atoms with Gasteiger partial charge in [-0.3, -0.25) is 15.1 Å². The molecule has 2 aromatic heterocycles. The SMILES string of the molecule is O=C(COc1ccc(Cl)c2cccnc12)Nc1nnc(-c2ccccc2)s1. The number of aromatic nitrogens is 3. The molecule has 27 heavy (non-hydrogen) atoms. The fraction of sp³-hybridized carbons (Fsp3) is 0.0526. The van der Waals surface area contributed by atoms with Gasteiger partial charge in [-0.15, -0.1) is 10.2 Å². The lowest BCUT2D eigenvalue weighted by Gasteiger charge is -2.09. The van der Waals surface area contributed by atoms with Crippen molar-refractivity contribution < 1.29 is 9.53 Å². The summed E-state index contributed by atoms with van der Waals surface area (Å²) in [6.07, 6.45) is 1.65. The quantitative estimate of drug-likeness (QED) is 0.540. The number of carbonyl (C=O) groups is 1. The smallest absolute Gasteiger partial charge is 0.264 e. The summed E-state index contributed by atoms with van der Waals surface area (Å²) in [5, 5.41) is 13.3. The van der Waals surface area contributed by atoms with Crippen LogP contribution >= 0.6 is 22.9 Å². The molecule has 8 heteroatoms. The van der Waals surface area contributed by atoms with Crippen molar-refractivity contribution in [1.29, 1.82) is 0 Å². The Kier molecular flexibility index (Phi) is 4.95. The fourth-order valence-corrected chi connectivity index (χ4v) is 3.48. The lowest BCUT2D eigenvalue weighted by molar-refractivity contribution is -0.118. The van der Waals surface area contributed by atoms with Gasteiger partial charge in [-0.25, -0.2) is 0 Å². The average Bonchev–Trinajstić information content (AvgIpc) is 3.17. The van der Waals surface area contributed by atoms with E-state index in [0.717, 1.165) is 16.0 Å². The van der Waals surface area contributed by atoms with Gasteiger partial charge >= 0.3 is 0 Å². The van der Waals surface area contributed by atoms with Gasteiger partial charge in [-0.2, -0.15) is 0 Å². The van der Waals surface area contributed by atoms with E-state index in [4.69, 9.17) is 16.3 Å². The Morgan fingerprint density at radius 1 is 1.07 bits per heavy atom. The molecule has 0 saturated heterocycles. The Hall–Kier alpha value is -3.03. The third-order valence-corrected chi connectivity index (χ3v) is 4.95. The predicted octanol–water partition coefficient (Wildman–Crippen LogP) is 4.42. The van der Waals surface area contributed by atoms with E-state index >= 15 is 0 Å². The van der Waals surface area contributed by atoms with Gasteiger partial charge in [0.2, 0.25) is 5.13 Å². The van der Waals surface area contributed by atoms with E-state index in [9.17, 15) is 4.79 Å². The number of amides is 1. The van der Waals surface area contributed by atoms with E-state index in [1.165, 1.54) is 11.3 Å².